The van der Waals surface area contributed by atoms with Crippen molar-refractivity contribution in [3.05, 3.63) is 22.4 Å². The standard InChI is InChI=1S/C16H26N2OS/c1-2-14(15-11-8-12-20-15)18-16(19)17-13-9-6-4-3-5-7-10-13/h8,11-14H,2-7,9-10H2,1H3,(H2,17,18,19)/t14-/m0/s1. The van der Waals surface area contributed by atoms with Gasteiger partial charge < -0.3 is 10.6 Å². The Bertz CT molecular complexity index is 383. The largest absolute Gasteiger partial charge is 0.335 e. The van der Waals surface area contributed by atoms with Gasteiger partial charge in [-0.3, -0.25) is 0 Å². The van der Waals surface area contributed by atoms with Crippen molar-refractivity contribution >= 4 is 17.4 Å². The Hall–Kier alpha value is -1.03. The number of carbonyl (C=O) groups is 1. The summed E-state index contributed by atoms with van der Waals surface area (Å²) in [4.78, 5) is 13.4. The lowest BCUT2D eigenvalue weighted by Gasteiger charge is -2.23. The summed E-state index contributed by atoms with van der Waals surface area (Å²) in [6, 6.07) is 4.63. The Morgan fingerprint density at radius 1 is 1.30 bits per heavy atom. The lowest BCUT2D eigenvalue weighted by atomic mass is 9.97. The Balaban J connectivity index is 1.81. The van der Waals surface area contributed by atoms with E-state index in [-0.39, 0.29) is 12.1 Å². The van der Waals surface area contributed by atoms with Gasteiger partial charge in [-0.05, 0) is 30.7 Å². The third kappa shape index (κ3) is 4.82. The van der Waals surface area contributed by atoms with Crippen LogP contribution in [0.15, 0.2) is 17.5 Å². The van der Waals surface area contributed by atoms with Crippen LogP contribution in [-0.2, 0) is 0 Å². The SMILES string of the molecule is CC[C@H](NC(=O)NC1CCCCCCC1)c1cccs1. The molecule has 0 unspecified atom stereocenters. The first-order valence-electron chi connectivity index (χ1n) is 7.90. The van der Waals surface area contributed by atoms with Gasteiger partial charge in [0.05, 0.1) is 6.04 Å². The second-order valence-corrected chi connectivity index (χ2v) is 6.62. The first kappa shape index (κ1) is 15.4. The molecule has 0 spiro atoms. The molecule has 1 saturated carbocycles. The predicted octanol–water partition coefficient (Wildman–Crippen LogP) is 4.61. The minimum Gasteiger partial charge on any atom is -0.335 e. The minimum atomic E-state index is -0.00387. The fraction of sp³-hybridized carbons (Fsp3) is 0.688. The molecule has 1 fully saturated rings. The van der Waals surface area contributed by atoms with E-state index in [0.717, 1.165) is 19.3 Å². The minimum absolute atomic E-state index is 0.00387. The molecule has 2 rings (SSSR count). The van der Waals surface area contributed by atoms with Crippen LogP contribution in [0.2, 0.25) is 0 Å². The van der Waals surface area contributed by atoms with Gasteiger partial charge in [0.1, 0.15) is 0 Å². The molecule has 2 amide bonds. The van der Waals surface area contributed by atoms with Crippen LogP contribution in [0.25, 0.3) is 0 Å². The quantitative estimate of drug-likeness (QED) is 0.836. The zero-order valence-corrected chi connectivity index (χ0v) is 13.2. The Labute approximate surface area is 126 Å². The van der Waals surface area contributed by atoms with E-state index < -0.39 is 0 Å². The van der Waals surface area contributed by atoms with E-state index in [1.165, 1.54) is 37.0 Å². The molecular weight excluding hydrogens is 268 g/mol. The number of hydrogen-bond donors (Lipinski definition) is 2. The zero-order chi connectivity index (χ0) is 14.2. The van der Waals surface area contributed by atoms with E-state index in [0.29, 0.717) is 6.04 Å². The molecule has 2 N–H and O–H groups in total. The third-order valence-corrected chi connectivity index (χ3v) is 5.03. The summed E-state index contributed by atoms with van der Waals surface area (Å²) < 4.78 is 0. The van der Waals surface area contributed by atoms with Crippen molar-refractivity contribution < 1.29 is 4.79 Å². The van der Waals surface area contributed by atoms with Crippen LogP contribution in [0.3, 0.4) is 0 Å². The summed E-state index contributed by atoms with van der Waals surface area (Å²) >= 11 is 1.71. The first-order chi connectivity index (χ1) is 9.79. The van der Waals surface area contributed by atoms with Gasteiger partial charge >= 0.3 is 6.03 Å². The topological polar surface area (TPSA) is 41.1 Å². The van der Waals surface area contributed by atoms with Gasteiger partial charge in [0.2, 0.25) is 0 Å². The van der Waals surface area contributed by atoms with Gasteiger partial charge in [-0.2, -0.15) is 0 Å². The van der Waals surface area contributed by atoms with E-state index >= 15 is 0 Å². The number of amides is 2. The number of hydrogen-bond acceptors (Lipinski definition) is 2. The maximum atomic E-state index is 12.2. The van der Waals surface area contributed by atoms with Crippen LogP contribution < -0.4 is 10.6 Å². The molecule has 20 heavy (non-hydrogen) atoms. The van der Waals surface area contributed by atoms with Crippen molar-refractivity contribution in [3.63, 3.8) is 0 Å². The highest BCUT2D eigenvalue weighted by atomic mass is 32.1. The molecule has 3 nitrogen and oxygen atoms in total. The smallest absolute Gasteiger partial charge is 0.315 e. The molecule has 1 atom stereocenters. The molecule has 0 bridgehead atoms. The van der Waals surface area contributed by atoms with Gasteiger partial charge in [0.25, 0.3) is 0 Å². The van der Waals surface area contributed by atoms with E-state index in [9.17, 15) is 4.79 Å². The molecule has 1 aromatic rings. The van der Waals surface area contributed by atoms with Crippen LogP contribution in [0.5, 0.6) is 0 Å². The summed E-state index contributed by atoms with van der Waals surface area (Å²) in [5.41, 5.74) is 0. The number of nitrogens with one attached hydrogen (secondary N) is 2. The molecule has 0 radical (unpaired) electrons. The van der Waals surface area contributed by atoms with Crippen LogP contribution >= 0.6 is 11.3 Å². The molecule has 4 heteroatoms. The highest BCUT2D eigenvalue weighted by Crippen LogP contribution is 2.22. The zero-order valence-electron chi connectivity index (χ0n) is 12.4. The van der Waals surface area contributed by atoms with E-state index in [1.54, 1.807) is 11.3 Å². The highest BCUT2D eigenvalue weighted by Gasteiger charge is 2.17. The molecule has 0 saturated heterocycles. The third-order valence-electron chi connectivity index (χ3n) is 4.04. The van der Waals surface area contributed by atoms with Crippen molar-refractivity contribution in [1.29, 1.82) is 0 Å². The Kier molecular flexibility index (Phi) is 6.37. The van der Waals surface area contributed by atoms with Crippen molar-refractivity contribution in [1.82, 2.24) is 10.6 Å². The molecule has 1 aromatic heterocycles. The van der Waals surface area contributed by atoms with Gasteiger partial charge in [-0.15, -0.1) is 11.3 Å². The van der Waals surface area contributed by atoms with Crippen LogP contribution in [0.4, 0.5) is 4.79 Å². The van der Waals surface area contributed by atoms with Crippen LogP contribution in [-0.4, -0.2) is 12.1 Å². The molecule has 0 aromatic carbocycles. The van der Waals surface area contributed by atoms with E-state index in [1.807, 2.05) is 6.07 Å². The maximum Gasteiger partial charge on any atom is 0.315 e. The lowest BCUT2D eigenvalue weighted by Crippen LogP contribution is -2.43. The average Bonchev–Trinajstić information content (AvgIpc) is 2.93. The molecule has 1 heterocycles. The fourth-order valence-electron chi connectivity index (χ4n) is 2.85. The van der Waals surface area contributed by atoms with Crippen molar-refractivity contribution in [2.75, 3.05) is 0 Å². The summed E-state index contributed by atoms with van der Waals surface area (Å²) in [5, 5.41) is 8.34. The molecule has 1 aliphatic carbocycles. The fourth-order valence-corrected chi connectivity index (χ4v) is 3.71. The summed E-state index contributed by atoms with van der Waals surface area (Å²) in [5.74, 6) is 0. The summed E-state index contributed by atoms with van der Waals surface area (Å²) in [7, 11) is 0. The predicted molar refractivity (Wildman–Crippen MR) is 85.1 cm³/mol. The summed E-state index contributed by atoms with van der Waals surface area (Å²) in [6.45, 7) is 2.11. The van der Waals surface area contributed by atoms with E-state index in [4.69, 9.17) is 0 Å². The number of thiophene rings is 1. The van der Waals surface area contributed by atoms with Gasteiger partial charge in [0, 0.05) is 10.9 Å². The van der Waals surface area contributed by atoms with Crippen molar-refractivity contribution in [3.8, 4) is 0 Å². The monoisotopic (exact) mass is 294 g/mol. The molecule has 0 aliphatic heterocycles. The highest BCUT2D eigenvalue weighted by molar-refractivity contribution is 7.10. The van der Waals surface area contributed by atoms with Gasteiger partial charge in [-0.25, -0.2) is 4.79 Å². The van der Waals surface area contributed by atoms with Gasteiger partial charge in [-0.1, -0.05) is 45.1 Å². The maximum absolute atomic E-state index is 12.2. The summed E-state index contributed by atoms with van der Waals surface area (Å²) in [6.07, 6.45) is 9.65. The van der Waals surface area contributed by atoms with Crippen LogP contribution in [0.1, 0.15) is 69.2 Å². The Morgan fingerprint density at radius 3 is 2.60 bits per heavy atom. The second kappa shape index (κ2) is 8.30. The lowest BCUT2D eigenvalue weighted by molar-refractivity contribution is 0.230. The molecule has 112 valence electrons. The number of rotatable bonds is 4. The number of urea groups is 1. The average molecular weight is 294 g/mol. The van der Waals surface area contributed by atoms with Crippen molar-refractivity contribution in [2.24, 2.45) is 0 Å². The first-order valence-corrected chi connectivity index (χ1v) is 8.78. The Morgan fingerprint density at radius 2 is 2.00 bits per heavy atom. The van der Waals surface area contributed by atoms with Crippen LogP contribution in [0, 0.1) is 0 Å². The molecular formula is C16H26N2OS. The molecule has 1 aliphatic rings. The van der Waals surface area contributed by atoms with Gasteiger partial charge in [0.15, 0.2) is 0 Å². The number of carbonyl (C=O) groups excluding carboxylic acids is 1. The van der Waals surface area contributed by atoms with E-state index in [2.05, 4.69) is 29.0 Å². The van der Waals surface area contributed by atoms with Crippen molar-refractivity contribution in [2.45, 2.75) is 70.4 Å². The second-order valence-electron chi connectivity index (χ2n) is 5.64. The normalized spacial score (nSPS) is 18.9.